The second kappa shape index (κ2) is 36.6. The van der Waals surface area contributed by atoms with Crippen molar-refractivity contribution in [2.75, 3.05) is 143 Å². The average Bonchev–Trinajstić information content (AvgIpc) is 3.32. The number of nitrogens with one attached hydrogen (secondary N) is 5. The third-order valence-electron chi connectivity index (χ3n) is 12.8. The molecule has 0 radical (unpaired) electrons. The highest BCUT2D eigenvalue weighted by Crippen LogP contribution is 2.31. The molecule has 0 spiro atoms. The van der Waals surface area contributed by atoms with Gasteiger partial charge < -0.3 is 79.6 Å². The predicted molar refractivity (Wildman–Crippen MR) is 344 cm³/mol. The first-order valence-electron chi connectivity index (χ1n) is 28.7. The van der Waals surface area contributed by atoms with Crippen LogP contribution >= 0.6 is 45.9 Å². The molecule has 0 aliphatic carbocycles. The summed E-state index contributed by atoms with van der Waals surface area (Å²) < 4.78 is 15.6. The number of carbonyl (C=O) groups excluding carboxylic acids is 4. The molecular weight excluding hydrogens is 1250 g/mol. The predicted octanol–water partition coefficient (Wildman–Crippen LogP) is 3.19. The summed E-state index contributed by atoms with van der Waals surface area (Å²) in [7, 11) is 0. The van der Waals surface area contributed by atoms with Gasteiger partial charge in [0.2, 0.25) is 5.91 Å². The Morgan fingerprint density at radius 1 is 0.674 bits per heavy atom. The molecule has 26 nitrogen and oxygen atoms in total. The van der Waals surface area contributed by atoms with E-state index in [1.54, 1.807) is 12.1 Å². The summed E-state index contributed by atoms with van der Waals surface area (Å²) in [6.07, 6.45) is 4.12. The lowest BCUT2D eigenvalue weighted by Crippen LogP contribution is -3.00. The minimum Gasteiger partial charge on any atom is -1.00 e. The Labute approximate surface area is 542 Å². The number of quaternary nitrogens is 1. The van der Waals surface area contributed by atoms with Gasteiger partial charge in [0.15, 0.2) is 10.3 Å². The van der Waals surface area contributed by atoms with Crippen molar-refractivity contribution < 1.29 is 61.4 Å². The van der Waals surface area contributed by atoms with Gasteiger partial charge in [0.1, 0.15) is 50.3 Å². The fraction of sp³-hybridized carbons (Fsp3) is 0.466. The van der Waals surface area contributed by atoms with Crippen LogP contribution in [0.25, 0.3) is 0 Å². The number of hydrogen-bond acceptors (Lipinski definition) is 23. The minimum atomic E-state index is -0.823. The number of nitrogens with zero attached hydrogens (tertiary/aromatic N) is 10. The van der Waals surface area contributed by atoms with Crippen LogP contribution in [0.15, 0.2) is 60.9 Å². The zero-order valence-electron chi connectivity index (χ0n) is 51.1. The molecule has 4 aromatic heterocycles. The molecule has 6 heterocycles. The summed E-state index contributed by atoms with van der Waals surface area (Å²) in [6, 6.07) is 14.6. The van der Waals surface area contributed by atoms with Crippen molar-refractivity contribution in [3.8, 4) is 0 Å². The van der Waals surface area contributed by atoms with E-state index in [-0.39, 0.29) is 42.6 Å². The Morgan fingerprint density at radius 3 is 1.58 bits per heavy atom. The molecule has 89 heavy (non-hydrogen) atoms. The largest absolute Gasteiger partial charge is 1.00 e. The van der Waals surface area contributed by atoms with E-state index in [9.17, 15) is 24.0 Å². The number of halogens is 3. The van der Waals surface area contributed by atoms with Crippen molar-refractivity contribution in [3.63, 3.8) is 0 Å². The first-order chi connectivity index (χ1) is 42.1. The average molecular weight is 1330 g/mol. The van der Waals surface area contributed by atoms with Crippen molar-refractivity contribution in [2.24, 2.45) is 5.73 Å². The van der Waals surface area contributed by atoms with Crippen LogP contribution in [0.2, 0.25) is 10.0 Å². The number of para-hydroxylation sites is 2. The number of aryl methyl sites for hydroxylation is 4. The quantitative estimate of drug-likeness (QED) is 0.0301. The highest BCUT2D eigenvalue weighted by Gasteiger charge is 2.24. The highest BCUT2D eigenvalue weighted by molar-refractivity contribution is 7.18. The van der Waals surface area contributed by atoms with Gasteiger partial charge >= 0.3 is 11.9 Å². The molecule has 2 aliphatic rings. The molecule has 0 bridgehead atoms. The second-order valence-corrected chi connectivity index (χ2v) is 24.1. The van der Waals surface area contributed by atoms with Crippen LogP contribution in [0.4, 0.5) is 44.9 Å². The van der Waals surface area contributed by atoms with E-state index in [1.807, 2.05) is 89.8 Å². The van der Waals surface area contributed by atoms with Gasteiger partial charge in [-0.05, 0) is 78.1 Å². The fourth-order valence-electron chi connectivity index (χ4n) is 8.66. The van der Waals surface area contributed by atoms with Gasteiger partial charge in [-0.2, -0.15) is 0 Å². The number of benzene rings is 2. The lowest BCUT2D eigenvalue weighted by Gasteiger charge is -2.35. The van der Waals surface area contributed by atoms with E-state index in [2.05, 4.69) is 76.9 Å². The molecule has 0 saturated carbocycles. The number of amides is 3. The van der Waals surface area contributed by atoms with Crippen LogP contribution in [0.3, 0.4) is 0 Å². The Bertz CT molecular complexity index is 3230. The summed E-state index contributed by atoms with van der Waals surface area (Å²) in [5.41, 5.74) is 11.5. The summed E-state index contributed by atoms with van der Waals surface area (Å²) in [4.78, 5) is 95.7. The maximum Gasteiger partial charge on any atom is 0.317 e. The van der Waals surface area contributed by atoms with Crippen molar-refractivity contribution in [2.45, 2.75) is 66.9 Å². The molecule has 2 aromatic carbocycles. The maximum atomic E-state index is 12.8. The molecule has 8 rings (SSSR count). The molecule has 6 aromatic rings. The van der Waals surface area contributed by atoms with Gasteiger partial charge in [-0.1, -0.05) is 70.1 Å². The van der Waals surface area contributed by atoms with Gasteiger partial charge in [0.05, 0.1) is 73.3 Å². The van der Waals surface area contributed by atoms with Crippen LogP contribution in [0.5, 0.6) is 0 Å². The summed E-state index contributed by atoms with van der Waals surface area (Å²) in [5, 5.41) is 26.0. The van der Waals surface area contributed by atoms with Crippen molar-refractivity contribution in [1.29, 1.82) is 0 Å². The summed E-state index contributed by atoms with van der Waals surface area (Å²) in [5.74, 6) is 2.35. The number of rotatable bonds is 25. The van der Waals surface area contributed by atoms with E-state index in [4.69, 9.17) is 48.3 Å². The molecule has 31 heteroatoms. The smallest absolute Gasteiger partial charge is 0.317 e. The van der Waals surface area contributed by atoms with E-state index >= 15 is 0 Å². The SMILES string of the molecule is CC(C)(C)OC(=O)CCCOCCN.Cc1nc(Nc2ncc(C(=O)Nc3c(C)cccc3Cl)s2)cc(N2CCN(CC(=O)NCCOCC[NH3+])CC2)n1.Cc1nc(Nc2ncc(C(=O)Nc3c(C)cccc3Cl)s2)cc(N2CCN(CC(=O)O)CC2)n1.[Cl-]. The van der Waals surface area contributed by atoms with Gasteiger partial charge in [0, 0.05) is 90.6 Å². The van der Waals surface area contributed by atoms with Crippen molar-refractivity contribution >= 4 is 120 Å². The number of piperazine rings is 2. The van der Waals surface area contributed by atoms with Crippen molar-refractivity contribution in [1.82, 2.24) is 45.0 Å². The van der Waals surface area contributed by atoms with E-state index in [1.165, 1.54) is 35.1 Å². The van der Waals surface area contributed by atoms with E-state index < -0.39 is 11.6 Å². The third-order valence-corrected chi connectivity index (χ3v) is 15.3. The number of carboxylic acid groups (broad SMARTS) is 1. The highest BCUT2D eigenvalue weighted by atomic mass is 35.5. The first kappa shape index (κ1) is 72.8. The number of anilines is 8. The van der Waals surface area contributed by atoms with Gasteiger partial charge in [0.25, 0.3) is 11.8 Å². The molecule has 0 atom stereocenters. The monoisotopic (exact) mass is 1330 g/mol. The molecule has 3 amide bonds. The molecular formula is C58H80Cl3N17O9S2. The number of carboxylic acids is 1. The second-order valence-electron chi connectivity index (χ2n) is 21.2. The third kappa shape index (κ3) is 25.1. The van der Waals surface area contributed by atoms with Gasteiger partial charge in [-0.15, -0.1) is 0 Å². The maximum absolute atomic E-state index is 12.8. The Morgan fingerprint density at radius 2 is 1.15 bits per heavy atom. The van der Waals surface area contributed by atoms with Crippen LogP contribution < -0.4 is 60.3 Å². The topological polar surface area (TPSA) is 337 Å². The molecule has 11 N–H and O–H groups in total. The zero-order valence-corrected chi connectivity index (χ0v) is 55.0. The number of ether oxygens (including phenoxy) is 3. The standard InChI is InChI=1S/C26H34ClN9O3S.C22H24ClN7O3S.C10H21NO3.ClH/c1-17-4-3-5-19(27)24(17)34-25(38)20-15-30-26(40-20)33-21-14-22(32-18(2)31-21)36-10-8-35(9-11-36)16-23(37)29-7-13-39-12-6-28;1-13-4-3-5-15(23)20(13)28-21(33)16-11-24-22(34-16)27-17-10-18(26-14(2)25-17)30-8-6-29(7-9-30)12-19(31)32;1-10(2,3)14-9(12)5-4-7-13-8-6-11;/h3-5,14-15H,6-13,16,28H2,1-2H3,(H,29,37)(H,34,38)(H,30,31,32,33);3-5,10-11H,6-9,12H2,1-2H3,(H,28,33)(H,31,32)(H,24,25,26,27);4-8,11H2,1-3H3;1H. The Hall–Kier alpha value is -6.96. The first-order valence-corrected chi connectivity index (χ1v) is 31.0. The van der Waals surface area contributed by atoms with Crippen LogP contribution in [0, 0.1) is 27.7 Å². The number of aliphatic carboxylic acids is 1. The van der Waals surface area contributed by atoms with E-state index in [0.29, 0.717) is 150 Å². The van der Waals surface area contributed by atoms with Crippen LogP contribution in [-0.2, 0) is 28.6 Å². The van der Waals surface area contributed by atoms with Gasteiger partial charge in [-0.3, -0.25) is 33.8 Å². The molecule has 2 fully saturated rings. The molecule has 484 valence electrons. The normalized spacial score (nSPS) is 13.4. The number of nitrogens with two attached hydrogens (primary N) is 1. The number of thiazole rings is 2. The number of aromatic nitrogens is 6. The summed E-state index contributed by atoms with van der Waals surface area (Å²) in [6.45, 7) is 22.9. The molecule has 0 unspecified atom stereocenters. The van der Waals surface area contributed by atoms with Crippen LogP contribution in [0.1, 0.15) is 75.7 Å². The number of hydrogen-bond donors (Lipinski definition) is 8. The van der Waals surface area contributed by atoms with Crippen molar-refractivity contribution in [3.05, 3.63) is 103 Å². The Kier molecular flexibility index (Phi) is 30.0. The zero-order chi connectivity index (χ0) is 63.8. The lowest BCUT2D eigenvalue weighted by molar-refractivity contribution is -0.374. The lowest BCUT2D eigenvalue weighted by atomic mass is 10.2. The minimum absolute atomic E-state index is 0. The molecule has 2 aliphatic heterocycles. The molecule has 2 saturated heterocycles. The number of carbonyl (C=O) groups is 5. The van der Waals surface area contributed by atoms with Gasteiger partial charge in [-0.25, -0.2) is 29.9 Å². The Balaban J connectivity index is 0.000000267. The fourth-order valence-corrected chi connectivity index (χ4v) is 10.6. The van der Waals surface area contributed by atoms with E-state index in [0.717, 1.165) is 55.5 Å². The summed E-state index contributed by atoms with van der Waals surface area (Å²) >= 11 is 14.9. The number of esters is 1. The van der Waals surface area contributed by atoms with Crippen LogP contribution in [-0.4, -0.2) is 192 Å².